The Morgan fingerprint density at radius 2 is 1.89 bits per heavy atom. The molecule has 2 fully saturated rings. The van der Waals surface area contributed by atoms with Gasteiger partial charge in [-0.1, -0.05) is 88.4 Å². The first-order valence-electron chi connectivity index (χ1n) is 11.2. The number of hydrogen-bond acceptors (Lipinski definition) is 3. The highest BCUT2D eigenvalue weighted by atomic mass is 16.6. The molecule has 1 aliphatic carbocycles. The fourth-order valence-electron chi connectivity index (χ4n) is 4.85. The average Bonchev–Trinajstić information content (AvgIpc) is 2.74. The average molecular weight is 384 g/mol. The molecule has 1 aromatic carbocycles. The van der Waals surface area contributed by atoms with E-state index in [1.165, 1.54) is 37.7 Å². The Hall–Kier alpha value is -1.10. The summed E-state index contributed by atoms with van der Waals surface area (Å²) in [7, 11) is -0.0913. The van der Waals surface area contributed by atoms with Gasteiger partial charge in [-0.25, -0.2) is 0 Å². The minimum atomic E-state index is -0.0913. The first-order valence-corrected chi connectivity index (χ1v) is 11.2. The Balaban J connectivity index is 1.64. The Kier molecular flexibility index (Phi) is 8.19. The topological polar surface area (TPSA) is 27.7 Å². The van der Waals surface area contributed by atoms with E-state index < -0.39 is 0 Å². The molecule has 0 spiro atoms. The zero-order chi connectivity index (χ0) is 19.9. The van der Waals surface area contributed by atoms with E-state index in [-0.39, 0.29) is 19.3 Å². The highest BCUT2D eigenvalue weighted by Crippen LogP contribution is 2.40. The van der Waals surface area contributed by atoms with Crippen molar-refractivity contribution in [2.75, 3.05) is 6.61 Å². The molecular formula is C24H37BO3. The molecular weight excluding hydrogens is 347 g/mol. The first-order chi connectivity index (χ1) is 13.6. The molecule has 4 heteroatoms. The molecule has 3 nitrogen and oxygen atoms in total. The third kappa shape index (κ3) is 5.49. The van der Waals surface area contributed by atoms with Crippen LogP contribution in [0.25, 0.3) is 0 Å². The molecule has 0 aromatic heterocycles. The normalized spacial score (nSPS) is 27.5. The lowest BCUT2D eigenvalue weighted by Crippen LogP contribution is -2.53. The SMILES string of the molecule is C=C(C)[C@H]1OB(C2CCCCC2)O[C@@H]([C@H](C)COCc2ccccc2)[C@@H]1CC. The van der Waals surface area contributed by atoms with Crippen molar-refractivity contribution in [3.05, 3.63) is 48.0 Å². The summed E-state index contributed by atoms with van der Waals surface area (Å²) >= 11 is 0. The molecule has 0 radical (unpaired) electrons. The molecule has 2 aliphatic rings. The highest BCUT2D eigenvalue weighted by Gasteiger charge is 2.46. The molecule has 1 aromatic rings. The summed E-state index contributed by atoms with van der Waals surface area (Å²) in [5.41, 5.74) is 2.34. The predicted octanol–water partition coefficient (Wildman–Crippen LogP) is 6.05. The van der Waals surface area contributed by atoms with E-state index in [1.807, 2.05) is 6.07 Å². The van der Waals surface area contributed by atoms with E-state index in [0.717, 1.165) is 12.0 Å². The van der Waals surface area contributed by atoms with Gasteiger partial charge in [-0.2, -0.15) is 0 Å². The number of hydrogen-bond donors (Lipinski definition) is 0. The maximum Gasteiger partial charge on any atom is 0.460 e. The fourth-order valence-corrected chi connectivity index (χ4v) is 4.85. The lowest BCUT2D eigenvalue weighted by atomic mass is 9.62. The standard InChI is InChI=1S/C24H37BO3/c1-5-22-23(18(2)3)27-25(21-14-10-7-11-15-21)28-24(22)19(4)16-26-17-20-12-8-6-9-13-20/h6,8-9,12-13,19,21-24H,2,5,7,10-11,14-17H2,1,3-4H3/t19-,22-,23-,24+/m1/s1. The molecule has 1 aliphatic heterocycles. The zero-order valence-electron chi connectivity index (χ0n) is 17.9. The van der Waals surface area contributed by atoms with E-state index in [2.05, 4.69) is 51.6 Å². The lowest BCUT2D eigenvalue weighted by Gasteiger charge is -2.46. The van der Waals surface area contributed by atoms with E-state index >= 15 is 0 Å². The van der Waals surface area contributed by atoms with Crippen LogP contribution in [0.5, 0.6) is 0 Å². The van der Waals surface area contributed by atoms with E-state index in [9.17, 15) is 0 Å². The van der Waals surface area contributed by atoms with Crippen LogP contribution in [0.2, 0.25) is 5.82 Å². The van der Waals surface area contributed by atoms with Gasteiger partial charge in [0.1, 0.15) is 0 Å². The van der Waals surface area contributed by atoms with Crippen LogP contribution < -0.4 is 0 Å². The van der Waals surface area contributed by atoms with Crippen molar-refractivity contribution in [1.29, 1.82) is 0 Å². The van der Waals surface area contributed by atoms with Crippen LogP contribution in [0.4, 0.5) is 0 Å². The Morgan fingerprint density at radius 3 is 2.54 bits per heavy atom. The van der Waals surface area contributed by atoms with E-state index in [1.54, 1.807) is 0 Å². The fraction of sp³-hybridized carbons (Fsp3) is 0.667. The van der Waals surface area contributed by atoms with Crippen LogP contribution in [0, 0.1) is 11.8 Å². The van der Waals surface area contributed by atoms with Gasteiger partial charge in [0.2, 0.25) is 0 Å². The number of ether oxygens (including phenoxy) is 1. The molecule has 1 heterocycles. The second-order valence-electron chi connectivity index (χ2n) is 8.82. The summed E-state index contributed by atoms with van der Waals surface area (Å²) in [5, 5.41) is 0. The molecule has 0 N–H and O–H groups in total. The minimum Gasteiger partial charge on any atom is -0.407 e. The smallest absolute Gasteiger partial charge is 0.407 e. The van der Waals surface area contributed by atoms with Gasteiger partial charge in [-0.3, -0.25) is 0 Å². The van der Waals surface area contributed by atoms with Gasteiger partial charge in [0.15, 0.2) is 0 Å². The largest absolute Gasteiger partial charge is 0.460 e. The Bertz CT molecular complexity index is 599. The van der Waals surface area contributed by atoms with Gasteiger partial charge in [0, 0.05) is 11.8 Å². The summed E-state index contributed by atoms with van der Waals surface area (Å²) < 4.78 is 19.2. The minimum absolute atomic E-state index is 0.0900. The molecule has 0 unspecified atom stereocenters. The second-order valence-corrected chi connectivity index (χ2v) is 8.82. The molecule has 4 atom stereocenters. The van der Waals surface area contributed by atoms with Crippen LogP contribution >= 0.6 is 0 Å². The van der Waals surface area contributed by atoms with Gasteiger partial charge < -0.3 is 14.0 Å². The van der Waals surface area contributed by atoms with Crippen LogP contribution in [0.15, 0.2) is 42.5 Å². The van der Waals surface area contributed by atoms with Crippen molar-refractivity contribution in [1.82, 2.24) is 0 Å². The summed E-state index contributed by atoms with van der Waals surface area (Å²) in [5.74, 6) is 1.19. The van der Waals surface area contributed by atoms with E-state index in [4.69, 9.17) is 14.0 Å². The lowest BCUT2D eigenvalue weighted by molar-refractivity contribution is -0.0716. The van der Waals surface area contributed by atoms with Crippen molar-refractivity contribution in [3.8, 4) is 0 Å². The Morgan fingerprint density at radius 1 is 1.18 bits per heavy atom. The number of benzene rings is 1. The van der Waals surface area contributed by atoms with Gasteiger partial charge >= 0.3 is 7.12 Å². The van der Waals surface area contributed by atoms with Crippen molar-refractivity contribution < 1.29 is 14.0 Å². The molecule has 28 heavy (non-hydrogen) atoms. The molecule has 3 rings (SSSR count). The number of rotatable bonds is 8. The van der Waals surface area contributed by atoms with Crippen LogP contribution in [0.1, 0.15) is 64.9 Å². The summed E-state index contributed by atoms with van der Waals surface area (Å²) in [6.07, 6.45) is 7.65. The highest BCUT2D eigenvalue weighted by molar-refractivity contribution is 6.46. The molecule has 1 saturated carbocycles. The second kappa shape index (κ2) is 10.6. The third-order valence-corrected chi connectivity index (χ3v) is 6.43. The maximum absolute atomic E-state index is 6.63. The van der Waals surface area contributed by atoms with Crippen LogP contribution in [-0.2, 0) is 20.7 Å². The summed E-state index contributed by atoms with van der Waals surface area (Å²) in [4.78, 5) is 0. The van der Waals surface area contributed by atoms with Gasteiger partial charge in [0.05, 0.1) is 25.4 Å². The quantitative estimate of drug-likeness (QED) is 0.403. The van der Waals surface area contributed by atoms with Crippen molar-refractivity contribution in [2.45, 2.75) is 83.9 Å². The maximum atomic E-state index is 6.63. The van der Waals surface area contributed by atoms with Gasteiger partial charge in [0.25, 0.3) is 0 Å². The predicted molar refractivity (Wildman–Crippen MR) is 116 cm³/mol. The monoisotopic (exact) mass is 384 g/mol. The molecule has 0 amide bonds. The summed E-state index contributed by atoms with van der Waals surface area (Å²) in [6.45, 7) is 12.2. The van der Waals surface area contributed by atoms with Crippen molar-refractivity contribution in [2.24, 2.45) is 11.8 Å². The van der Waals surface area contributed by atoms with Crippen LogP contribution in [-0.4, -0.2) is 25.9 Å². The molecule has 154 valence electrons. The van der Waals surface area contributed by atoms with Crippen molar-refractivity contribution in [3.63, 3.8) is 0 Å². The van der Waals surface area contributed by atoms with Crippen molar-refractivity contribution >= 4 is 7.12 Å². The Labute approximate surface area is 172 Å². The molecule has 0 bridgehead atoms. The first kappa shape index (κ1) is 21.6. The third-order valence-electron chi connectivity index (χ3n) is 6.43. The van der Waals surface area contributed by atoms with E-state index in [0.29, 0.717) is 30.9 Å². The van der Waals surface area contributed by atoms with Crippen LogP contribution in [0.3, 0.4) is 0 Å². The molecule has 1 saturated heterocycles. The zero-order valence-corrected chi connectivity index (χ0v) is 17.9. The summed E-state index contributed by atoms with van der Waals surface area (Å²) in [6, 6.07) is 10.4. The van der Waals surface area contributed by atoms with Gasteiger partial charge in [-0.15, -0.1) is 0 Å². The van der Waals surface area contributed by atoms with Gasteiger partial charge in [-0.05, 0) is 24.7 Å².